The molecule has 0 spiro atoms. The monoisotopic (exact) mass is 293 g/mol. The Morgan fingerprint density at radius 2 is 2.20 bits per heavy atom. The molecule has 108 valence electrons. The Balaban J connectivity index is 2.59. The normalized spacial score (nSPS) is 12.3. The van der Waals surface area contributed by atoms with E-state index in [0.29, 0.717) is 12.2 Å². The van der Waals surface area contributed by atoms with Gasteiger partial charge in [0.25, 0.3) is 0 Å². The predicted molar refractivity (Wildman–Crippen MR) is 82.8 cm³/mol. The van der Waals surface area contributed by atoms with E-state index in [1.807, 2.05) is 37.4 Å². The maximum absolute atomic E-state index is 11.7. The van der Waals surface area contributed by atoms with Crippen LogP contribution in [0.3, 0.4) is 0 Å². The average molecular weight is 293 g/mol. The van der Waals surface area contributed by atoms with Crippen molar-refractivity contribution in [3.05, 3.63) is 41.5 Å². The second-order valence-electron chi connectivity index (χ2n) is 4.43. The molecule has 1 rings (SSSR count). The lowest BCUT2D eigenvalue weighted by Gasteiger charge is -2.12. The van der Waals surface area contributed by atoms with Gasteiger partial charge in [-0.1, -0.05) is 29.8 Å². The van der Waals surface area contributed by atoms with Crippen LogP contribution < -0.4 is 5.32 Å². The van der Waals surface area contributed by atoms with Gasteiger partial charge in [0.1, 0.15) is 6.04 Å². The lowest BCUT2D eigenvalue weighted by Crippen LogP contribution is -2.40. The summed E-state index contributed by atoms with van der Waals surface area (Å²) < 4.78 is 0. The van der Waals surface area contributed by atoms with Crippen molar-refractivity contribution in [2.24, 2.45) is 0 Å². The molecular weight excluding hydrogens is 274 g/mol. The third-order valence-corrected chi connectivity index (χ3v) is 3.34. The summed E-state index contributed by atoms with van der Waals surface area (Å²) in [5.74, 6) is -0.699. The third kappa shape index (κ3) is 5.93. The van der Waals surface area contributed by atoms with E-state index in [1.165, 1.54) is 6.08 Å². The zero-order valence-corrected chi connectivity index (χ0v) is 12.4. The van der Waals surface area contributed by atoms with Crippen LogP contribution in [0.15, 0.2) is 30.3 Å². The molecule has 20 heavy (non-hydrogen) atoms. The predicted octanol–water partition coefficient (Wildman–Crippen LogP) is 2.33. The smallest absolute Gasteiger partial charge is 0.326 e. The van der Waals surface area contributed by atoms with E-state index in [-0.39, 0.29) is 5.91 Å². The number of nitrogens with one attached hydrogen (secondary N) is 1. The number of aryl methyl sites for hydroxylation is 1. The van der Waals surface area contributed by atoms with Gasteiger partial charge in [-0.3, -0.25) is 4.79 Å². The summed E-state index contributed by atoms with van der Waals surface area (Å²) in [6.45, 7) is 1.97. The zero-order valence-electron chi connectivity index (χ0n) is 11.6. The first-order valence-corrected chi connectivity index (χ1v) is 7.69. The molecular formula is C15H19NO3S. The Morgan fingerprint density at radius 1 is 1.45 bits per heavy atom. The van der Waals surface area contributed by atoms with Crippen molar-refractivity contribution in [1.82, 2.24) is 5.32 Å². The molecule has 0 saturated carbocycles. The fourth-order valence-electron chi connectivity index (χ4n) is 1.66. The highest BCUT2D eigenvalue weighted by molar-refractivity contribution is 7.98. The molecule has 0 unspecified atom stereocenters. The van der Waals surface area contributed by atoms with E-state index in [9.17, 15) is 9.59 Å². The molecule has 0 radical (unpaired) electrons. The highest BCUT2D eigenvalue weighted by Gasteiger charge is 2.17. The number of thioether (sulfide) groups is 1. The number of aliphatic carboxylic acids is 1. The molecule has 0 aliphatic rings. The van der Waals surface area contributed by atoms with Gasteiger partial charge in [-0.05, 0) is 37.0 Å². The van der Waals surface area contributed by atoms with Crippen LogP contribution >= 0.6 is 11.8 Å². The number of rotatable bonds is 7. The molecule has 0 aromatic heterocycles. The topological polar surface area (TPSA) is 66.4 Å². The van der Waals surface area contributed by atoms with E-state index >= 15 is 0 Å². The van der Waals surface area contributed by atoms with Gasteiger partial charge < -0.3 is 10.4 Å². The maximum Gasteiger partial charge on any atom is 0.326 e. The van der Waals surface area contributed by atoms with Crippen LogP contribution in [0.4, 0.5) is 0 Å². The highest BCUT2D eigenvalue weighted by Crippen LogP contribution is 2.06. The molecule has 0 aliphatic heterocycles. The Morgan fingerprint density at radius 3 is 2.80 bits per heavy atom. The first-order chi connectivity index (χ1) is 9.52. The molecule has 0 heterocycles. The quantitative estimate of drug-likeness (QED) is 0.757. The lowest BCUT2D eigenvalue weighted by molar-refractivity contribution is -0.141. The first kappa shape index (κ1) is 16.3. The van der Waals surface area contributed by atoms with Crippen molar-refractivity contribution >= 4 is 29.7 Å². The van der Waals surface area contributed by atoms with Crippen LogP contribution in [-0.2, 0) is 9.59 Å². The molecule has 1 aromatic rings. The first-order valence-electron chi connectivity index (χ1n) is 6.30. The van der Waals surface area contributed by atoms with Crippen molar-refractivity contribution in [3.63, 3.8) is 0 Å². The maximum atomic E-state index is 11.7. The molecule has 1 aromatic carbocycles. The van der Waals surface area contributed by atoms with Crippen molar-refractivity contribution in [3.8, 4) is 0 Å². The fourth-order valence-corrected chi connectivity index (χ4v) is 2.13. The zero-order chi connectivity index (χ0) is 15.0. The average Bonchev–Trinajstić information content (AvgIpc) is 2.41. The van der Waals surface area contributed by atoms with Gasteiger partial charge in [-0.15, -0.1) is 0 Å². The van der Waals surface area contributed by atoms with Crippen LogP contribution in [-0.4, -0.2) is 35.0 Å². The highest BCUT2D eigenvalue weighted by atomic mass is 32.2. The number of carboxylic acids is 1. The summed E-state index contributed by atoms with van der Waals surface area (Å²) in [6.07, 6.45) is 5.36. The van der Waals surface area contributed by atoms with Gasteiger partial charge in [0.15, 0.2) is 0 Å². The molecule has 1 amide bonds. The Hall–Kier alpha value is -1.75. The van der Waals surface area contributed by atoms with Crippen LogP contribution in [0, 0.1) is 6.92 Å². The summed E-state index contributed by atoms with van der Waals surface area (Å²) >= 11 is 1.55. The third-order valence-electron chi connectivity index (χ3n) is 2.69. The van der Waals surface area contributed by atoms with E-state index < -0.39 is 12.0 Å². The van der Waals surface area contributed by atoms with Crippen LogP contribution in [0.2, 0.25) is 0 Å². The van der Waals surface area contributed by atoms with Crippen molar-refractivity contribution < 1.29 is 14.7 Å². The summed E-state index contributed by atoms with van der Waals surface area (Å²) in [4.78, 5) is 22.7. The van der Waals surface area contributed by atoms with Crippen molar-refractivity contribution in [2.45, 2.75) is 19.4 Å². The standard InChI is InChI=1S/C15H19NO3S/c1-11-4-3-5-12(10-11)6-7-14(17)16-13(15(18)19)8-9-20-2/h3-7,10,13H,8-9H2,1-2H3,(H,16,17)(H,18,19)/b7-6+/t13-/m1/s1. The molecule has 2 N–H and O–H groups in total. The molecule has 4 nitrogen and oxygen atoms in total. The van der Waals surface area contributed by atoms with Gasteiger partial charge in [0.05, 0.1) is 0 Å². The molecule has 0 aliphatic carbocycles. The van der Waals surface area contributed by atoms with Gasteiger partial charge >= 0.3 is 5.97 Å². The second-order valence-corrected chi connectivity index (χ2v) is 5.41. The Bertz CT molecular complexity index is 500. The molecule has 0 saturated heterocycles. The number of hydrogen-bond donors (Lipinski definition) is 2. The fraction of sp³-hybridized carbons (Fsp3) is 0.333. The Labute approximate surface area is 123 Å². The summed E-state index contributed by atoms with van der Waals surface area (Å²) in [7, 11) is 0. The van der Waals surface area contributed by atoms with E-state index in [4.69, 9.17) is 5.11 Å². The van der Waals surface area contributed by atoms with Crippen molar-refractivity contribution in [1.29, 1.82) is 0 Å². The van der Waals surface area contributed by atoms with Gasteiger partial charge in [-0.25, -0.2) is 4.79 Å². The number of carboxylic acid groups (broad SMARTS) is 1. The van der Waals surface area contributed by atoms with E-state index in [0.717, 1.165) is 11.1 Å². The van der Waals surface area contributed by atoms with Crippen LogP contribution in [0.25, 0.3) is 6.08 Å². The molecule has 5 heteroatoms. The minimum atomic E-state index is -1.00. The molecule has 1 atom stereocenters. The van der Waals surface area contributed by atoms with Crippen molar-refractivity contribution in [2.75, 3.05) is 12.0 Å². The van der Waals surface area contributed by atoms with E-state index in [2.05, 4.69) is 5.32 Å². The number of carbonyl (C=O) groups excluding carboxylic acids is 1. The van der Waals surface area contributed by atoms with Gasteiger partial charge in [0, 0.05) is 6.08 Å². The second kappa shape index (κ2) is 8.43. The summed E-state index contributed by atoms with van der Waals surface area (Å²) in [5, 5.41) is 11.5. The molecule has 0 bridgehead atoms. The number of benzene rings is 1. The number of amides is 1. The molecule has 0 fully saturated rings. The van der Waals surface area contributed by atoms with E-state index in [1.54, 1.807) is 17.8 Å². The van der Waals surface area contributed by atoms with Gasteiger partial charge in [-0.2, -0.15) is 11.8 Å². The summed E-state index contributed by atoms with van der Waals surface area (Å²) in [5.41, 5.74) is 2.02. The number of carbonyl (C=O) groups is 2. The minimum Gasteiger partial charge on any atom is -0.480 e. The lowest BCUT2D eigenvalue weighted by atomic mass is 10.1. The Kier molecular flexibility index (Phi) is 6.87. The van der Waals surface area contributed by atoms with Crippen LogP contribution in [0.1, 0.15) is 17.5 Å². The van der Waals surface area contributed by atoms with Gasteiger partial charge in [0.2, 0.25) is 5.91 Å². The largest absolute Gasteiger partial charge is 0.480 e. The number of hydrogen-bond acceptors (Lipinski definition) is 3. The SMILES string of the molecule is CSCC[C@@H](NC(=O)/C=C/c1cccc(C)c1)C(=O)O. The van der Waals surface area contributed by atoms with Crippen LogP contribution in [0.5, 0.6) is 0 Å². The summed E-state index contributed by atoms with van der Waals surface area (Å²) in [6, 6.07) is 6.88. The minimum absolute atomic E-state index is 0.389.